The molecule has 0 amide bonds. The molecule has 0 aliphatic rings. The second-order valence-electron chi connectivity index (χ2n) is 5.00. The molecule has 0 saturated heterocycles. The number of aromatic hydroxyl groups is 1. The molecule has 0 fully saturated rings. The first kappa shape index (κ1) is 19.4. The van der Waals surface area contributed by atoms with Gasteiger partial charge in [-0.15, -0.1) is 0 Å². The fourth-order valence-electron chi connectivity index (χ4n) is 1.99. The van der Waals surface area contributed by atoms with Crippen LogP contribution in [0, 0.1) is 0 Å². The molecule has 25 heavy (non-hydrogen) atoms. The van der Waals surface area contributed by atoms with E-state index in [-0.39, 0.29) is 21.5 Å². The van der Waals surface area contributed by atoms with Gasteiger partial charge in [-0.1, -0.05) is 29.3 Å². The number of alkyl halides is 2. The van der Waals surface area contributed by atoms with E-state index in [0.29, 0.717) is 37.6 Å². The van der Waals surface area contributed by atoms with Crippen LogP contribution in [-0.4, -0.2) is 24.9 Å². The van der Waals surface area contributed by atoms with E-state index in [1.165, 1.54) is 24.3 Å². The lowest BCUT2D eigenvalue weighted by atomic mass is 10.3. The zero-order valence-electron chi connectivity index (χ0n) is 13.1. The molecular formula is C17H16Cl2F2O4. The minimum Gasteiger partial charge on any atom is -0.508 e. The Morgan fingerprint density at radius 2 is 1.52 bits per heavy atom. The van der Waals surface area contributed by atoms with Gasteiger partial charge in [0.15, 0.2) is 5.75 Å². The fraction of sp³-hybridized carbons (Fsp3) is 0.294. The lowest BCUT2D eigenvalue weighted by Gasteiger charge is -2.11. The van der Waals surface area contributed by atoms with E-state index >= 15 is 0 Å². The van der Waals surface area contributed by atoms with E-state index in [0.717, 1.165) is 0 Å². The Morgan fingerprint density at radius 3 is 2.16 bits per heavy atom. The Balaban J connectivity index is 1.70. The average molecular weight is 393 g/mol. The SMILES string of the molecule is Oc1cc(Cl)c(OCCCCOc2cccc(OC(F)F)c2)c(Cl)c1. The number of phenolic OH excluding ortho intramolecular Hbond substituents is 1. The Hall–Kier alpha value is -1.92. The minimum absolute atomic E-state index is 0.0335. The molecule has 0 spiro atoms. The number of halogens is 4. The summed E-state index contributed by atoms with van der Waals surface area (Å²) >= 11 is 11.9. The lowest BCUT2D eigenvalue weighted by molar-refractivity contribution is -0.0499. The van der Waals surface area contributed by atoms with Gasteiger partial charge in [0.25, 0.3) is 0 Å². The van der Waals surface area contributed by atoms with Crippen molar-refractivity contribution in [3.63, 3.8) is 0 Å². The Bertz CT molecular complexity index is 675. The molecule has 0 aliphatic carbocycles. The quantitative estimate of drug-likeness (QED) is 0.569. The topological polar surface area (TPSA) is 47.9 Å². The first-order chi connectivity index (χ1) is 12.0. The monoisotopic (exact) mass is 392 g/mol. The molecule has 0 unspecified atom stereocenters. The number of phenols is 1. The zero-order valence-corrected chi connectivity index (χ0v) is 14.6. The molecule has 0 saturated carbocycles. The molecule has 0 aliphatic heterocycles. The van der Waals surface area contributed by atoms with E-state index < -0.39 is 6.61 Å². The van der Waals surface area contributed by atoms with E-state index in [4.69, 9.17) is 32.7 Å². The number of benzene rings is 2. The van der Waals surface area contributed by atoms with E-state index in [1.54, 1.807) is 12.1 Å². The molecule has 2 aromatic carbocycles. The van der Waals surface area contributed by atoms with E-state index in [1.807, 2.05) is 0 Å². The van der Waals surface area contributed by atoms with Crippen molar-refractivity contribution in [2.45, 2.75) is 19.5 Å². The van der Waals surface area contributed by atoms with Crippen LogP contribution in [0.1, 0.15) is 12.8 Å². The van der Waals surface area contributed by atoms with Gasteiger partial charge >= 0.3 is 6.61 Å². The molecule has 4 nitrogen and oxygen atoms in total. The molecule has 1 N–H and O–H groups in total. The third-order valence-corrected chi connectivity index (χ3v) is 3.63. The highest BCUT2D eigenvalue weighted by molar-refractivity contribution is 6.37. The minimum atomic E-state index is -2.87. The van der Waals surface area contributed by atoms with Crippen molar-refractivity contribution >= 4 is 23.2 Å². The molecule has 8 heteroatoms. The maximum atomic E-state index is 12.2. The van der Waals surface area contributed by atoms with Gasteiger partial charge < -0.3 is 19.3 Å². The van der Waals surface area contributed by atoms with Crippen LogP contribution in [0.2, 0.25) is 10.0 Å². The fourth-order valence-corrected chi connectivity index (χ4v) is 2.58. The molecule has 2 rings (SSSR count). The molecular weight excluding hydrogens is 377 g/mol. The highest BCUT2D eigenvalue weighted by Crippen LogP contribution is 2.36. The highest BCUT2D eigenvalue weighted by Gasteiger charge is 2.09. The Labute approximate surface area is 153 Å². The highest BCUT2D eigenvalue weighted by atomic mass is 35.5. The Morgan fingerprint density at radius 1 is 0.920 bits per heavy atom. The van der Waals surface area contributed by atoms with Gasteiger partial charge in [-0.25, -0.2) is 0 Å². The van der Waals surface area contributed by atoms with E-state index in [2.05, 4.69) is 4.74 Å². The first-order valence-electron chi connectivity index (χ1n) is 7.44. The van der Waals surface area contributed by atoms with Crippen LogP contribution in [0.3, 0.4) is 0 Å². The summed E-state index contributed by atoms with van der Waals surface area (Å²) in [6, 6.07) is 8.76. The summed E-state index contributed by atoms with van der Waals surface area (Å²) in [4.78, 5) is 0. The maximum Gasteiger partial charge on any atom is 0.387 e. The summed E-state index contributed by atoms with van der Waals surface area (Å²) in [5, 5.41) is 9.81. The van der Waals surface area contributed by atoms with Crippen LogP contribution in [0.15, 0.2) is 36.4 Å². The summed E-state index contributed by atoms with van der Waals surface area (Å²) in [6.07, 6.45) is 1.34. The van der Waals surface area contributed by atoms with Gasteiger partial charge in [0.2, 0.25) is 0 Å². The largest absolute Gasteiger partial charge is 0.508 e. The van der Waals surface area contributed by atoms with Crippen LogP contribution >= 0.6 is 23.2 Å². The van der Waals surface area contributed by atoms with Gasteiger partial charge in [-0.3, -0.25) is 0 Å². The lowest BCUT2D eigenvalue weighted by Crippen LogP contribution is -2.04. The number of hydrogen-bond acceptors (Lipinski definition) is 4. The van der Waals surface area contributed by atoms with Crippen LogP contribution in [0.4, 0.5) is 8.78 Å². The van der Waals surface area contributed by atoms with Crippen molar-refractivity contribution in [3.05, 3.63) is 46.4 Å². The molecule has 0 atom stereocenters. The number of hydrogen-bond donors (Lipinski definition) is 1. The number of rotatable bonds is 9. The number of ether oxygens (including phenoxy) is 3. The van der Waals surface area contributed by atoms with Crippen molar-refractivity contribution in [1.29, 1.82) is 0 Å². The van der Waals surface area contributed by atoms with Crippen LogP contribution in [0.5, 0.6) is 23.0 Å². The van der Waals surface area contributed by atoms with Gasteiger partial charge in [-0.2, -0.15) is 8.78 Å². The summed E-state index contributed by atoms with van der Waals surface area (Å²) < 4.78 is 39.6. The van der Waals surface area contributed by atoms with Crippen molar-refractivity contribution in [2.75, 3.05) is 13.2 Å². The summed E-state index contributed by atoms with van der Waals surface area (Å²) in [7, 11) is 0. The van der Waals surface area contributed by atoms with Gasteiger partial charge in [-0.05, 0) is 25.0 Å². The number of unbranched alkanes of at least 4 members (excludes halogenated alkanes) is 1. The van der Waals surface area contributed by atoms with Gasteiger partial charge in [0, 0.05) is 18.2 Å². The second kappa shape index (κ2) is 9.53. The summed E-state index contributed by atoms with van der Waals surface area (Å²) in [5.74, 6) is 0.781. The smallest absolute Gasteiger partial charge is 0.387 e. The first-order valence-corrected chi connectivity index (χ1v) is 8.20. The van der Waals surface area contributed by atoms with Crippen molar-refractivity contribution in [2.24, 2.45) is 0 Å². The van der Waals surface area contributed by atoms with Crippen LogP contribution in [-0.2, 0) is 0 Å². The predicted molar refractivity (Wildman–Crippen MR) is 91.4 cm³/mol. The maximum absolute atomic E-state index is 12.2. The molecule has 0 bridgehead atoms. The molecule has 0 radical (unpaired) electrons. The molecule has 0 heterocycles. The van der Waals surface area contributed by atoms with Crippen molar-refractivity contribution < 1.29 is 28.1 Å². The summed E-state index contributed by atoms with van der Waals surface area (Å²) in [5.41, 5.74) is 0. The van der Waals surface area contributed by atoms with Crippen LogP contribution in [0.25, 0.3) is 0 Å². The predicted octanol–water partition coefficient (Wildman–Crippen LogP) is 5.54. The van der Waals surface area contributed by atoms with Crippen molar-refractivity contribution in [1.82, 2.24) is 0 Å². The average Bonchev–Trinajstić information content (AvgIpc) is 2.52. The van der Waals surface area contributed by atoms with Gasteiger partial charge in [0.1, 0.15) is 17.2 Å². The van der Waals surface area contributed by atoms with Gasteiger partial charge in [0.05, 0.1) is 23.3 Å². The summed E-state index contributed by atoms with van der Waals surface area (Å²) in [6.45, 7) is -2.12. The molecule has 136 valence electrons. The zero-order chi connectivity index (χ0) is 18.2. The standard InChI is InChI=1S/C17H16Cl2F2O4/c18-14-8-11(22)9-15(19)16(14)24-7-2-1-6-23-12-4-3-5-13(10-12)25-17(20)21/h3-5,8-10,17,22H,1-2,6-7H2. The van der Waals surface area contributed by atoms with Crippen LogP contribution < -0.4 is 14.2 Å². The van der Waals surface area contributed by atoms with E-state index in [9.17, 15) is 13.9 Å². The Kier molecular flexibility index (Phi) is 7.40. The normalized spacial score (nSPS) is 10.8. The molecule has 0 aromatic heterocycles. The third-order valence-electron chi connectivity index (χ3n) is 3.07. The van der Waals surface area contributed by atoms with Crippen molar-refractivity contribution in [3.8, 4) is 23.0 Å². The third kappa shape index (κ3) is 6.48. The molecule has 2 aromatic rings. The second-order valence-corrected chi connectivity index (χ2v) is 5.81.